The first kappa shape index (κ1) is 21.0. The molecule has 0 saturated heterocycles. The smallest absolute Gasteiger partial charge is 0.252 e. The molecule has 156 valence electrons. The van der Waals surface area contributed by atoms with Crippen molar-refractivity contribution in [2.75, 3.05) is 0 Å². The summed E-state index contributed by atoms with van der Waals surface area (Å²) in [5.74, 6) is -0.625. The maximum absolute atomic E-state index is 13.3. The molecule has 4 rings (SSSR count). The molecule has 0 aromatic heterocycles. The predicted octanol–water partition coefficient (Wildman–Crippen LogP) is 6.05. The number of hydrogen-bond acceptors (Lipinski definition) is 2. The van der Waals surface area contributed by atoms with E-state index in [1.54, 1.807) is 0 Å². The molecule has 0 aliphatic rings. The number of hydrazone groups is 1. The number of hydrogen-bond donors (Lipinski definition) is 1. The zero-order valence-electron chi connectivity index (χ0n) is 17.6. The van der Waals surface area contributed by atoms with Crippen LogP contribution in [0.15, 0.2) is 133 Å². The molecule has 4 aromatic carbocycles. The summed E-state index contributed by atoms with van der Waals surface area (Å²) in [7, 11) is 0. The van der Waals surface area contributed by atoms with Crippen molar-refractivity contribution in [2.45, 2.75) is 5.92 Å². The molecule has 3 heteroatoms. The Morgan fingerprint density at radius 3 is 1.66 bits per heavy atom. The molecular formula is C29H24N2O. The molecule has 0 saturated carbocycles. The lowest BCUT2D eigenvalue weighted by molar-refractivity contribution is -0.121. The first-order valence-corrected chi connectivity index (χ1v) is 10.6. The fraction of sp³-hybridized carbons (Fsp3) is 0.0345. The Bertz CT molecular complexity index is 1150. The van der Waals surface area contributed by atoms with Crippen molar-refractivity contribution in [1.82, 2.24) is 5.43 Å². The molecule has 0 aliphatic heterocycles. The molecule has 0 aliphatic carbocycles. The average Bonchev–Trinajstić information content (AvgIpc) is 2.87. The van der Waals surface area contributed by atoms with Crippen LogP contribution in [0.25, 0.3) is 6.08 Å². The number of nitrogens with zero attached hydrogens (tertiary/aromatic N) is 1. The first-order valence-electron chi connectivity index (χ1n) is 10.6. The summed E-state index contributed by atoms with van der Waals surface area (Å²) >= 11 is 0. The molecule has 0 fully saturated rings. The van der Waals surface area contributed by atoms with Gasteiger partial charge in [-0.25, -0.2) is 5.43 Å². The summed E-state index contributed by atoms with van der Waals surface area (Å²) in [6.45, 7) is 0. The van der Waals surface area contributed by atoms with E-state index in [0.29, 0.717) is 5.71 Å². The Labute approximate surface area is 188 Å². The molecule has 1 N–H and O–H groups in total. The third kappa shape index (κ3) is 5.46. The lowest BCUT2D eigenvalue weighted by atomic mass is 9.91. The summed E-state index contributed by atoms with van der Waals surface area (Å²) in [5, 5.41) is 4.51. The van der Waals surface area contributed by atoms with Gasteiger partial charge in [0.15, 0.2) is 0 Å². The zero-order valence-corrected chi connectivity index (χ0v) is 17.6. The molecule has 4 aromatic rings. The number of benzene rings is 4. The monoisotopic (exact) mass is 416 g/mol. The summed E-state index contributed by atoms with van der Waals surface area (Å²) in [6, 6.07) is 39.4. The van der Waals surface area contributed by atoms with E-state index < -0.39 is 5.92 Å². The lowest BCUT2D eigenvalue weighted by Gasteiger charge is -2.16. The standard InChI is InChI=1S/C29H24N2O/c32-29(28(25-17-9-3-10-18-25)26-19-11-4-12-20-26)31-30-27(24-15-7-2-8-16-24)22-21-23-13-5-1-6-14-23/h1-22,28H,(H,31,32)/b22-21+,30-27+. The van der Waals surface area contributed by atoms with Crippen molar-refractivity contribution >= 4 is 17.7 Å². The topological polar surface area (TPSA) is 41.5 Å². The van der Waals surface area contributed by atoms with Gasteiger partial charge in [0.05, 0.1) is 11.6 Å². The van der Waals surface area contributed by atoms with E-state index in [4.69, 9.17) is 0 Å². The highest BCUT2D eigenvalue weighted by Gasteiger charge is 2.22. The second-order valence-electron chi connectivity index (χ2n) is 7.34. The molecule has 0 heterocycles. The third-order valence-electron chi connectivity index (χ3n) is 5.12. The normalized spacial score (nSPS) is 11.6. The molecule has 3 nitrogen and oxygen atoms in total. The lowest BCUT2D eigenvalue weighted by Crippen LogP contribution is -2.27. The van der Waals surface area contributed by atoms with Crippen molar-refractivity contribution in [3.8, 4) is 0 Å². The Kier molecular flexibility index (Phi) is 7.02. The second kappa shape index (κ2) is 10.7. The molecule has 0 spiro atoms. The van der Waals surface area contributed by atoms with E-state index >= 15 is 0 Å². The molecule has 32 heavy (non-hydrogen) atoms. The van der Waals surface area contributed by atoms with E-state index in [2.05, 4.69) is 10.5 Å². The van der Waals surface area contributed by atoms with Crippen molar-refractivity contribution < 1.29 is 4.79 Å². The minimum absolute atomic E-state index is 0.177. The van der Waals surface area contributed by atoms with Crippen molar-refractivity contribution in [2.24, 2.45) is 5.10 Å². The van der Waals surface area contributed by atoms with E-state index in [1.807, 2.05) is 133 Å². The molecule has 0 bridgehead atoms. The van der Waals surface area contributed by atoms with Gasteiger partial charge in [-0.05, 0) is 22.8 Å². The summed E-state index contributed by atoms with van der Waals surface area (Å²) in [4.78, 5) is 13.3. The highest BCUT2D eigenvalue weighted by molar-refractivity contribution is 6.11. The molecular weight excluding hydrogens is 392 g/mol. The predicted molar refractivity (Wildman–Crippen MR) is 131 cm³/mol. The second-order valence-corrected chi connectivity index (χ2v) is 7.34. The highest BCUT2D eigenvalue weighted by atomic mass is 16.2. The molecule has 0 radical (unpaired) electrons. The Morgan fingerprint density at radius 2 is 1.12 bits per heavy atom. The van der Waals surface area contributed by atoms with Crippen LogP contribution in [0.3, 0.4) is 0 Å². The van der Waals surface area contributed by atoms with Crippen LogP contribution >= 0.6 is 0 Å². The van der Waals surface area contributed by atoms with E-state index in [1.165, 1.54) is 0 Å². The summed E-state index contributed by atoms with van der Waals surface area (Å²) in [5.41, 5.74) is 7.33. The minimum Gasteiger partial charge on any atom is -0.272 e. The largest absolute Gasteiger partial charge is 0.272 e. The number of allylic oxidation sites excluding steroid dienone is 1. The van der Waals surface area contributed by atoms with Crippen LogP contribution in [0.4, 0.5) is 0 Å². The number of rotatable bonds is 7. The van der Waals surface area contributed by atoms with Crippen molar-refractivity contribution in [3.63, 3.8) is 0 Å². The Balaban J connectivity index is 1.64. The molecule has 0 atom stereocenters. The minimum atomic E-state index is -0.448. The van der Waals surface area contributed by atoms with Crippen LogP contribution in [-0.4, -0.2) is 11.6 Å². The fourth-order valence-corrected chi connectivity index (χ4v) is 3.51. The summed E-state index contributed by atoms with van der Waals surface area (Å²) in [6.07, 6.45) is 3.91. The van der Waals surface area contributed by atoms with Gasteiger partial charge in [0.25, 0.3) is 5.91 Å². The quantitative estimate of drug-likeness (QED) is 0.289. The summed E-state index contributed by atoms with van der Waals surface area (Å²) < 4.78 is 0. The van der Waals surface area contributed by atoms with Gasteiger partial charge >= 0.3 is 0 Å². The van der Waals surface area contributed by atoms with Gasteiger partial charge in [-0.3, -0.25) is 4.79 Å². The van der Waals surface area contributed by atoms with Gasteiger partial charge in [-0.15, -0.1) is 0 Å². The van der Waals surface area contributed by atoms with Gasteiger partial charge in [0.1, 0.15) is 0 Å². The molecule has 0 unspecified atom stereocenters. The maximum Gasteiger partial charge on any atom is 0.252 e. The Morgan fingerprint density at radius 1 is 0.656 bits per heavy atom. The van der Waals surface area contributed by atoms with Crippen LogP contribution in [-0.2, 0) is 4.79 Å². The molecule has 1 amide bonds. The van der Waals surface area contributed by atoms with E-state index in [0.717, 1.165) is 22.3 Å². The van der Waals surface area contributed by atoms with E-state index in [9.17, 15) is 4.79 Å². The average molecular weight is 417 g/mol. The van der Waals surface area contributed by atoms with Gasteiger partial charge in [-0.1, -0.05) is 127 Å². The van der Waals surface area contributed by atoms with Crippen LogP contribution in [0.2, 0.25) is 0 Å². The van der Waals surface area contributed by atoms with Gasteiger partial charge in [0.2, 0.25) is 0 Å². The number of nitrogens with one attached hydrogen (secondary N) is 1. The van der Waals surface area contributed by atoms with Gasteiger partial charge in [-0.2, -0.15) is 5.10 Å². The third-order valence-corrected chi connectivity index (χ3v) is 5.12. The van der Waals surface area contributed by atoms with Gasteiger partial charge < -0.3 is 0 Å². The van der Waals surface area contributed by atoms with Crippen molar-refractivity contribution in [1.29, 1.82) is 0 Å². The number of amides is 1. The SMILES string of the molecule is O=C(N/N=C(\C=C\c1ccccc1)c1ccccc1)C(c1ccccc1)c1ccccc1. The van der Waals surface area contributed by atoms with E-state index in [-0.39, 0.29) is 5.91 Å². The van der Waals surface area contributed by atoms with Crippen LogP contribution in [0.5, 0.6) is 0 Å². The number of carbonyl (C=O) groups excluding carboxylic acids is 1. The van der Waals surface area contributed by atoms with Crippen LogP contribution in [0, 0.1) is 0 Å². The van der Waals surface area contributed by atoms with Crippen LogP contribution < -0.4 is 5.43 Å². The number of carbonyl (C=O) groups is 1. The fourth-order valence-electron chi connectivity index (χ4n) is 3.51. The van der Waals surface area contributed by atoms with Gasteiger partial charge in [0, 0.05) is 5.56 Å². The van der Waals surface area contributed by atoms with Crippen LogP contribution in [0.1, 0.15) is 28.2 Å². The zero-order chi connectivity index (χ0) is 22.0. The first-order chi connectivity index (χ1) is 15.8. The maximum atomic E-state index is 13.3. The Hall–Kier alpha value is -4.24. The van der Waals surface area contributed by atoms with Crippen molar-refractivity contribution in [3.05, 3.63) is 150 Å². The highest BCUT2D eigenvalue weighted by Crippen LogP contribution is 2.24.